The topological polar surface area (TPSA) is 48.4 Å². The van der Waals surface area contributed by atoms with E-state index < -0.39 is 5.97 Å². The highest BCUT2D eigenvalue weighted by Crippen LogP contribution is 2.45. The highest BCUT2D eigenvalue weighted by molar-refractivity contribution is 9.09. The van der Waals surface area contributed by atoms with Crippen LogP contribution in [0.1, 0.15) is 150 Å². The zero-order chi connectivity index (χ0) is 32.3. The highest BCUT2D eigenvalue weighted by Gasteiger charge is 2.35. The van der Waals surface area contributed by atoms with Crippen molar-refractivity contribution in [1.82, 2.24) is 4.98 Å². The van der Waals surface area contributed by atoms with Crippen molar-refractivity contribution in [2.45, 2.75) is 151 Å². The maximum Gasteiger partial charge on any atom is 0.362 e. The van der Waals surface area contributed by atoms with Crippen LogP contribution in [0.15, 0.2) is 18.3 Å². The average molecular weight is 671 g/mol. The lowest BCUT2D eigenvalue weighted by Crippen LogP contribution is -2.37. The van der Waals surface area contributed by atoms with Crippen LogP contribution in [0, 0.1) is 38.5 Å². The predicted molar refractivity (Wildman–Crippen MR) is 189 cm³/mol. The number of carbonyl (C=O) groups excluding carboxylic acids is 1. The van der Waals surface area contributed by atoms with Crippen LogP contribution < -0.4 is 9.47 Å². The number of ether oxygens (including phenoxy) is 2. The SMILES string of the molecule is Cc1c(C)c2c(c(C)c1OC(=O)c1ccc(CCCCBr)cn1)CCC(C)(CCCC(C)CCCC(C)CCCC(C)C)O2. The van der Waals surface area contributed by atoms with Gasteiger partial charge in [0.05, 0.1) is 0 Å². The van der Waals surface area contributed by atoms with Gasteiger partial charge in [0.2, 0.25) is 0 Å². The number of hydrogen-bond acceptors (Lipinski definition) is 4. The van der Waals surface area contributed by atoms with Crippen molar-refractivity contribution >= 4 is 21.9 Å². The van der Waals surface area contributed by atoms with Crippen LogP contribution in [0.5, 0.6) is 11.5 Å². The molecule has 1 aromatic heterocycles. The number of unbranched alkanes of at least 4 members (excludes halogenated alkanes) is 1. The molecule has 0 radical (unpaired) electrons. The number of esters is 1. The zero-order valence-electron chi connectivity index (χ0n) is 29.1. The summed E-state index contributed by atoms with van der Waals surface area (Å²) < 4.78 is 12.8. The Bertz CT molecular complexity index is 1190. The number of pyridine rings is 1. The Kier molecular flexibility index (Phi) is 14.7. The smallest absolute Gasteiger partial charge is 0.362 e. The Balaban J connectivity index is 1.53. The number of benzene rings is 1. The van der Waals surface area contributed by atoms with Crippen molar-refractivity contribution in [2.24, 2.45) is 17.8 Å². The first-order chi connectivity index (χ1) is 20.9. The summed E-state index contributed by atoms with van der Waals surface area (Å²) in [4.78, 5) is 17.5. The van der Waals surface area contributed by atoms with Crippen LogP contribution in [0.4, 0.5) is 0 Å². The largest absolute Gasteiger partial charge is 0.487 e. The van der Waals surface area contributed by atoms with Crippen LogP contribution in [0.3, 0.4) is 0 Å². The predicted octanol–water partition coefficient (Wildman–Crippen LogP) is 11.5. The maximum atomic E-state index is 13.1. The van der Waals surface area contributed by atoms with Gasteiger partial charge >= 0.3 is 5.97 Å². The van der Waals surface area contributed by atoms with Gasteiger partial charge < -0.3 is 9.47 Å². The van der Waals surface area contributed by atoms with Gasteiger partial charge in [-0.05, 0) is 119 Å². The van der Waals surface area contributed by atoms with Crippen molar-refractivity contribution in [3.05, 3.63) is 51.8 Å². The number of hydrogen-bond donors (Lipinski definition) is 0. The van der Waals surface area contributed by atoms with Crippen molar-refractivity contribution < 1.29 is 14.3 Å². The summed E-state index contributed by atoms with van der Waals surface area (Å²) in [6, 6.07) is 3.77. The number of nitrogens with zero attached hydrogens (tertiary/aromatic N) is 1. The van der Waals surface area contributed by atoms with Gasteiger partial charge in [-0.3, -0.25) is 0 Å². The molecule has 2 aromatic rings. The summed E-state index contributed by atoms with van der Waals surface area (Å²) in [5.41, 5.74) is 5.57. The molecule has 0 saturated heterocycles. The second-order valence-electron chi connectivity index (χ2n) is 14.5. The number of aromatic nitrogens is 1. The monoisotopic (exact) mass is 669 g/mol. The van der Waals surface area contributed by atoms with E-state index in [1.165, 1.54) is 56.9 Å². The van der Waals surface area contributed by atoms with Gasteiger partial charge in [0, 0.05) is 17.1 Å². The van der Waals surface area contributed by atoms with Crippen LogP contribution in [0.25, 0.3) is 0 Å². The molecule has 0 bridgehead atoms. The lowest BCUT2D eigenvalue weighted by Gasteiger charge is -2.38. The lowest BCUT2D eigenvalue weighted by molar-refractivity contribution is 0.0508. The molecule has 3 atom stereocenters. The molecular weight excluding hydrogens is 610 g/mol. The molecule has 0 aliphatic carbocycles. The zero-order valence-corrected chi connectivity index (χ0v) is 30.7. The fourth-order valence-corrected chi connectivity index (χ4v) is 7.07. The third-order valence-electron chi connectivity index (χ3n) is 9.92. The summed E-state index contributed by atoms with van der Waals surface area (Å²) >= 11 is 3.48. The Morgan fingerprint density at radius 3 is 2.18 bits per heavy atom. The van der Waals surface area contributed by atoms with E-state index in [4.69, 9.17) is 9.47 Å². The van der Waals surface area contributed by atoms with E-state index >= 15 is 0 Å². The minimum Gasteiger partial charge on any atom is -0.487 e. The van der Waals surface area contributed by atoms with Crippen LogP contribution in [0.2, 0.25) is 0 Å². The van der Waals surface area contributed by atoms with Gasteiger partial charge in [-0.2, -0.15) is 0 Å². The summed E-state index contributed by atoms with van der Waals surface area (Å²) in [6.07, 6.45) is 18.7. The second-order valence-corrected chi connectivity index (χ2v) is 15.3. The first-order valence-corrected chi connectivity index (χ1v) is 18.6. The van der Waals surface area contributed by atoms with Gasteiger partial charge in [-0.15, -0.1) is 0 Å². The Hall–Kier alpha value is -1.88. The molecule has 1 aromatic carbocycles. The van der Waals surface area contributed by atoms with Crippen molar-refractivity contribution in [3.8, 4) is 11.5 Å². The molecule has 0 amide bonds. The van der Waals surface area contributed by atoms with Crippen molar-refractivity contribution in [1.29, 1.82) is 0 Å². The molecule has 1 aliphatic rings. The molecule has 2 heterocycles. The number of halogens is 1. The molecule has 0 fully saturated rings. The number of alkyl halides is 1. The van der Waals surface area contributed by atoms with E-state index in [-0.39, 0.29) is 5.60 Å². The molecule has 0 N–H and O–H groups in total. The highest BCUT2D eigenvalue weighted by atomic mass is 79.9. The molecule has 0 saturated carbocycles. The van der Waals surface area contributed by atoms with E-state index in [2.05, 4.69) is 69.4 Å². The molecular formula is C39H60BrNO3. The third kappa shape index (κ3) is 10.9. The summed E-state index contributed by atoms with van der Waals surface area (Å²) in [5, 5.41) is 1.01. The molecule has 246 valence electrons. The number of aryl methyl sites for hydroxylation is 1. The Morgan fingerprint density at radius 2 is 1.57 bits per heavy atom. The second kappa shape index (κ2) is 17.7. The number of fused-ring (bicyclic) bond motifs is 1. The van der Waals surface area contributed by atoms with Crippen molar-refractivity contribution in [2.75, 3.05) is 5.33 Å². The van der Waals surface area contributed by atoms with E-state index in [0.29, 0.717) is 11.4 Å². The maximum absolute atomic E-state index is 13.1. The molecule has 4 nitrogen and oxygen atoms in total. The van der Waals surface area contributed by atoms with E-state index in [1.807, 2.05) is 13.0 Å². The van der Waals surface area contributed by atoms with Crippen molar-refractivity contribution in [3.63, 3.8) is 0 Å². The van der Waals surface area contributed by atoms with Crippen LogP contribution in [-0.2, 0) is 12.8 Å². The molecule has 44 heavy (non-hydrogen) atoms. The van der Waals surface area contributed by atoms with E-state index in [0.717, 1.165) is 89.6 Å². The first kappa shape index (κ1) is 36.6. The normalized spacial score (nSPS) is 17.7. The molecule has 3 rings (SSSR count). The standard InChI is InChI=1S/C39H60BrNO3/c1-27(2)14-11-15-28(3)16-12-17-29(4)18-13-23-39(8)24-22-34-32(7)36(30(5)31(6)37(34)44-39)43-38(42)35-21-20-33(26-41-35)19-9-10-25-40/h20-21,26-29H,9-19,22-25H2,1-8H3. The molecule has 0 spiro atoms. The van der Waals surface area contributed by atoms with E-state index in [1.54, 1.807) is 12.3 Å². The minimum atomic E-state index is -0.404. The van der Waals surface area contributed by atoms with Gasteiger partial charge in [-0.25, -0.2) is 9.78 Å². The summed E-state index contributed by atoms with van der Waals surface area (Å²) in [7, 11) is 0. The minimum absolute atomic E-state index is 0.153. The quantitative estimate of drug-likeness (QED) is 0.0685. The average Bonchev–Trinajstić information content (AvgIpc) is 2.98. The molecule has 1 aliphatic heterocycles. The number of carbonyl (C=O) groups is 1. The lowest BCUT2D eigenvalue weighted by atomic mass is 9.83. The Morgan fingerprint density at radius 1 is 0.909 bits per heavy atom. The van der Waals surface area contributed by atoms with E-state index in [9.17, 15) is 4.79 Å². The van der Waals surface area contributed by atoms with Crippen LogP contribution in [-0.4, -0.2) is 21.9 Å². The van der Waals surface area contributed by atoms with Gasteiger partial charge in [0.25, 0.3) is 0 Å². The first-order valence-electron chi connectivity index (χ1n) is 17.5. The summed E-state index contributed by atoms with van der Waals surface area (Å²) in [5.74, 6) is 3.71. The molecule has 5 heteroatoms. The fourth-order valence-electron chi connectivity index (χ4n) is 6.67. The molecule has 3 unspecified atom stereocenters. The summed E-state index contributed by atoms with van der Waals surface area (Å²) in [6.45, 7) is 18.0. The van der Waals surface area contributed by atoms with Gasteiger partial charge in [0.15, 0.2) is 0 Å². The Labute approximate surface area is 277 Å². The fraction of sp³-hybridized carbons (Fsp3) is 0.692. The number of rotatable bonds is 18. The van der Waals surface area contributed by atoms with Gasteiger partial charge in [0.1, 0.15) is 22.8 Å². The van der Waals surface area contributed by atoms with Crippen LogP contribution >= 0.6 is 15.9 Å². The third-order valence-corrected chi connectivity index (χ3v) is 10.5. The van der Waals surface area contributed by atoms with Gasteiger partial charge in [-0.1, -0.05) is 94.6 Å².